The quantitative estimate of drug-likeness (QED) is 0.804. The number of furan rings is 1. The summed E-state index contributed by atoms with van der Waals surface area (Å²) in [6.45, 7) is 0. The predicted octanol–water partition coefficient (Wildman–Crippen LogP) is 2.47. The van der Waals surface area contributed by atoms with Crippen LogP contribution in [0.25, 0.3) is 11.1 Å². The minimum Gasteiger partial charge on any atom is -0.504 e. The van der Waals surface area contributed by atoms with Crippen LogP contribution in [0.3, 0.4) is 0 Å². The second kappa shape index (κ2) is 4.10. The van der Waals surface area contributed by atoms with Crippen LogP contribution in [0.15, 0.2) is 35.1 Å². The van der Waals surface area contributed by atoms with Crippen molar-refractivity contribution in [1.82, 2.24) is 0 Å². The molecule has 1 N–H and O–H groups in total. The van der Waals surface area contributed by atoms with Crippen LogP contribution in [0.5, 0.6) is 11.5 Å². The molecule has 4 heteroatoms. The number of carbonyl (C=O) groups excluding carboxylic acids is 1. The topological polar surface area (TPSA) is 59.7 Å². The second-order valence-corrected chi connectivity index (χ2v) is 3.21. The van der Waals surface area contributed by atoms with Gasteiger partial charge in [0, 0.05) is 5.56 Å². The van der Waals surface area contributed by atoms with Crippen molar-refractivity contribution in [2.75, 3.05) is 7.11 Å². The maximum absolute atomic E-state index is 11.0. The zero-order chi connectivity index (χ0) is 11.5. The Morgan fingerprint density at radius 2 is 2.19 bits per heavy atom. The van der Waals surface area contributed by atoms with Gasteiger partial charge in [0.15, 0.2) is 17.8 Å². The Bertz CT molecular complexity index is 500. The normalized spacial score (nSPS) is 10.1. The van der Waals surface area contributed by atoms with Gasteiger partial charge < -0.3 is 14.3 Å². The molecule has 4 nitrogen and oxygen atoms in total. The molecule has 0 spiro atoms. The van der Waals surface area contributed by atoms with Crippen molar-refractivity contribution in [3.05, 3.63) is 36.3 Å². The first kappa shape index (κ1) is 10.3. The van der Waals surface area contributed by atoms with E-state index in [2.05, 4.69) is 0 Å². The standard InChI is InChI=1S/C12H10O4/c1-15-11-3-2-9(8-4-5-16-7-8)10(6-13)12(11)14/h2-7,14H,1H3. The average Bonchev–Trinajstić information content (AvgIpc) is 2.82. The molecule has 1 aromatic heterocycles. The fourth-order valence-electron chi connectivity index (χ4n) is 1.54. The molecule has 0 amide bonds. The molecule has 0 aliphatic carbocycles. The maximum Gasteiger partial charge on any atom is 0.169 e. The van der Waals surface area contributed by atoms with Crippen LogP contribution in [0.4, 0.5) is 0 Å². The van der Waals surface area contributed by atoms with Crippen molar-refractivity contribution >= 4 is 6.29 Å². The van der Waals surface area contributed by atoms with Crippen LogP contribution in [-0.2, 0) is 0 Å². The van der Waals surface area contributed by atoms with Crippen LogP contribution < -0.4 is 4.74 Å². The van der Waals surface area contributed by atoms with Gasteiger partial charge in [-0.05, 0) is 23.8 Å². The highest BCUT2D eigenvalue weighted by Crippen LogP contribution is 2.36. The zero-order valence-corrected chi connectivity index (χ0v) is 8.64. The molecule has 16 heavy (non-hydrogen) atoms. The second-order valence-electron chi connectivity index (χ2n) is 3.21. The lowest BCUT2D eigenvalue weighted by Crippen LogP contribution is -1.91. The number of methoxy groups -OCH3 is 1. The van der Waals surface area contributed by atoms with Gasteiger partial charge in [-0.1, -0.05) is 0 Å². The van der Waals surface area contributed by atoms with Gasteiger partial charge in [0.1, 0.15) is 0 Å². The average molecular weight is 218 g/mol. The maximum atomic E-state index is 11.0. The van der Waals surface area contributed by atoms with Crippen molar-refractivity contribution in [3.8, 4) is 22.6 Å². The number of ether oxygens (including phenoxy) is 1. The third-order valence-corrected chi connectivity index (χ3v) is 2.35. The van der Waals surface area contributed by atoms with Gasteiger partial charge in [0.25, 0.3) is 0 Å². The molecule has 82 valence electrons. The van der Waals surface area contributed by atoms with Gasteiger partial charge in [-0.3, -0.25) is 4.79 Å². The summed E-state index contributed by atoms with van der Waals surface area (Å²) in [6, 6.07) is 5.02. The van der Waals surface area contributed by atoms with E-state index in [1.165, 1.54) is 19.6 Å². The van der Waals surface area contributed by atoms with Crippen LogP contribution in [-0.4, -0.2) is 18.5 Å². The first-order chi connectivity index (χ1) is 7.77. The SMILES string of the molecule is COc1ccc(-c2ccoc2)c(C=O)c1O. The minimum atomic E-state index is -0.156. The largest absolute Gasteiger partial charge is 0.504 e. The van der Waals surface area contributed by atoms with Gasteiger partial charge in [0.2, 0.25) is 0 Å². The Morgan fingerprint density at radius 3 is 2.75 bits per heavy atom. The summed E-state index contributed by atoms with van der Waals surface area (Å²) in [7, 11) is 1.43. The van der Waals surface area contributed by atoms with Crippen molar-refractivity contribution in [2.45, 2.75) is 0 Å². The fourth-order valence-corrected chi connectivity index (χ4v) is 1.54. The number of hydrogen-bond acceptors (Lipinski definition) is 4. The van der Waals surface area contributed by atoms with Gasteiger partial charge in [-0.25, -0.2) is 0 Å². The molecule has 1 aromatic carbocycles. The number of phenols is 1. The summed E-state index contributed by atoms with van der Waals surface area (Å²) < 4.78 is 9.86. The highest BCUT2D eigenvalue weighted by molar-refractivity contribution is 5.92. The first-order valence-corrected chi connectivity index (χ1v) is 4.65. The van der Waals surface area contributed by atoms with Gasteiger partial charge in [0.05, 0.1) is 25.2 Å². The van der Waals surface area contributed by atoms with E-state index in [-0.39, 0.29) is 17.1 Å². The first-order valence-electron chi connectivity index (χ1n) is 4.65. The van der Waals surface area contributed by atoms with Crippen LogP contribution in [0, 0.1) is 0 Å². The highest BCUT2D eigenvalue weighted by atomic mass is 16.5. The molecule has 0 saturated heterocycles. The Morgan fingerprint density at radius 1 is 1.38 bits per heavy atom. The van der Waals surface area contributed by atoms with Gasteiger partial charge >= 0.3 is 0 Å². The molecule has 1 heterocycles. The number of aldehydes is 1. The molecule has 0 unspecified atom stereocenters. The number of aromatic hydroxyl groups is 1. The molecule has 0 aliphatic rings. The lowest BCUT2D eigenvalue weighted by Gasteiger charge is -2.08. The number of rotatable bonds is 3. The minimum absolute atomic E-state index is 0.156. The molecular weight excluding hydrogens is 208 g/mol. The summed E-state index contributed by atoms with van der Waals surface area (Å²) in [6.07, 6.45) is 3.61. The van der Waals surface area contributed by atoms with E-state index in [9.17, 15) is 9.90 Å². The smallest absolute Gasteiger partial charge is 0.169 e. The third kappa shape index (κ3) is 1.54. The lowest BCUT2D eigenvalue weighted by atomic mass is 10.0. The van der Waals surface area contributed by atoms with Crippen LogP contribution in [0.1, 0.15) is 10.4 Å². The Balaban J connectivity index is 2.64. The molecule has 0 aliphatic heterocycles. The van der Waals surface area contributed by atoms with Crippen molar-refractivity contribution < 1.29 is 19.1 Å². The predicted molar refractivity (Wildman–Crippen MR) is 57.7 cm³/mol. The Labute approximate surface area is 92.1 Å². The summed E-state index contributed by atoms with van der Waals surface area (Å²) in [5.41, 5.74) is 1.54. The van der Waals surface area contributed by atoms with E-state index in [4.69, 9.17) is 9.15 Å². The highest BCUT2D eigenvalue weighted by Gasteiger charge is 2.14. The Hall–Kier alpha value is -2.23. The molecule has 0 radical (unpaired) electrons. The summed E-state index contributed by atoms with van der Waals surface area (Å²) in [4.78, 5) is 11.0. The monoisotopic (exact) mass is 218 g/mol. The molecule has 0 bridgehead atoms. The zero-order valence-electron chi connectivity index (χ0n) is 8.64. The van der Waals surface area contributed by atoms with Crippen LogP contribution in [0.2, 0.25) is 0 Å². The van der Waals surface area contributed by atoms with Gasteiger partial charge in [-0.15, -0.1) is 0 Å². The molecule has 2 aromatic rings. The number of benzene rings is 1. The van der Waals surface area contributed by atoms with E-state index in [1.807, 2.05) is 0 Å². The van der Waals surface area contributed by atoms with E-state index in [1.54, 1.807) is 18.2 Å². The number of hydrogen-bond donors (Lipinski definition) is 1. The van der Waals surface area contributed by atoms with Crippen LogP contribution >= 0.6 is 0 Å². The molecule has 0 saturated carbocycles. The van der Waals surface area contributed by atoms with Gasteiger partial charge in [-0.2, -0.15) is 0 Å². The van der Waals surface area contributed by atoms with Crippen molar-refractivity contribution in [3.63, 3.8) is 0 Å². The number of phenolic OH excluding ortho intramolecular Hbond substituents is 1. The molecule has 0 atom stereocenters. The fraction of sp³-hybridized carbons (Fsp3) is 0.0833. The van der Waals surface area contributed by atoms with E-state index in [0.717, 1.165) is 5.56 Å². The van der Waals surface area contributed by atoms with E-state index < -0.39 is 0 Å². The molecule has 2 rings (SSSR count). The van der Waals surface area contributed by atoms with Crippen molar-refractivity contribution in [1.29, 1.82) is 0 Å². The summed E-state index contributed by atoms with van der Waals surface area (Å²) in [5, 5.41) is 9.78. The number of carbonyl (C=O) groups is 1. The molecular formula is C12H10O4. The third-order valence-electron chi connectivity index (χ3n) is 2.35. The van der Waals surface area contributed by atoms with E-state index >= 15 is 0 Å². The Kier molecular flexibility index (Phi) is 2.64. The lowest BCUT2D eigenvalue weighted by molar-refractivity contribution is 0.112. The molecule has 0 fully saturated rings. The van der Waals surface area contributed by atoms with Crippen molar-refractivity contribution in [2.24, 2.45) is 0 Å². The summed E-state index contributed by atoms with van der Waals surface area (Å²) >= 11 is 0. The summed E-state index contributed by atoms with van der Waals surface area (Å²) in [5.74, 6) is 0.116. The van der Waals surface area contributed by atoms with E-state index in [0.29, 0.717) is 11.8 Å².